The maximum atomic E-state index is 11.6. The molecule has 1 heterocycles. The van der Waals surface area contributed by atoms with Gasteiger partial charge in [0.1, 0.15) is 0 Å². The molecule has 5 heteroatoms. The molecule has 3 nitrogen and oxygen atoms in total. The number of alkyl halides is 1. The van der Waals surface area contributed by atoms with Crippen molar-refractivity contribution in [3.63, 3.8) is 0 Å². The largest absolute Gasteiger partial charge is 0.302 e. The summed E-state index contributed by atoms with van der Waals surface area (Å²) in [6, 6.07) is 0. The molecule has 1 fully saturated rings. The van der Waals surface area contributed by atoms with Gasteiger partial charge in [0.2, 0.25) is 0 Å². The van der Waals surface area contributed by atoms with E-state index < -0.39 is 9.84 Å². The highest BCUT2D eigenvalue weighted by molar-refractivity contribution is 9.09. The Hall–Kier alpha value is 0.390. The Labute approximate surface area is 114 Å². The molecule has 1 aliphatic heterocycles. The summed E-state index contributed by atoms with van der Waals surface area (Å²) in [5.74, 6) is 1.41. The first kappa shape index (κ1) is 15.4. The molecule has 1 aliphatic rings. The molecule has 0 N–H and O–H groups in total. The van der Waals surface area contributed by atoms with Gasteiger partial charge in [0.15, 0.2) is 9.84 Å². The second-order valence-corrected chi connectivity index (χ2v) is 8.76. The van der Waals surface area contributed by atoms with E-state index in [4.69, 9.17) is 0 Å². The van der Waals surface area contributed by atoms with Crippen LogP contribution in [0.3, 0.4) is 0 Å². The van der Waals surface area contributed by atoms with E-state index in [0.717, 1.165) is 25.4 Å². The van der Waals surface area contributed by atoms with Crippen molar-refractivity contribution in [2.45, 2.75) is 37.9 Å². The number of hydrogen-bond acceptors (Lipinski definition) is 3. The summed E-state index contributed by atoms with van der Waals surface area (Å²) in [5, 5.41) is 0. The Morgan fingerprint density at radius 3 is 2.35 bits per heavy atom. The van der Waals surface area contributed by atoms with Gasteiger partial charge in [-0.2, -0.15) is 0 Å². The lowest BCUT2D eigenvalue weighted by atomic mass is 9.94. The fourth-order valence-corrected chi connectivity index (χ4v) is 4.21. The van der Waals surface area contributed by atoms with Crippen molar-refractivity contribution in [2.24, 2.45) is 5.92 Å². The van der Waals surface area contributed by atoms with Gasteiger partial charge in [-0.15, -0.1) is 0 Å². The minimum Gasteiger partial charge on any atom is -0.302 e. The maximum Gasteiger partial charge on any atom is 0.151 e. The summed E-state index contributed by atoms with van der Waals surface area (Å²) in [4.78, 5) is 2.87. The van der Waals surface area contributed by atoms with Crippen LogP contribution >= 0.6 is 15.9 Å². The normalized spacial score (nSPS) is 21.6. The highest BCUT2D eigenvalue weighted by atomic mass is 79.9. The third kappa shape index (κ3) is 5.71. The molecule has 0 radical (unpaired) electrons. The van der Waals surface area contributed by atoms with Crippen molar-refractivity contribution in [2.75, 3.05) is 31.1 Å². The van der Waals surface area contributed by atoms with Crippen molar-refractivity contribution in [3.8, 4) is 0 Å². The molecule has 0 bridgehead atoms. The van der Waals surface area contributed by atoms with Crippen LogP contribution in [-0.4, -0.2) is 49.3 Å². The Kier molecular flexibility index (Phi) is 6.45. The third-order valence-electron chi connectivity index (χ3n) is 3.52. The van der Waals surface area contributed by atoms with Crippen molar-refractivity contribution < 1.29 is 8.42 Å². The number of sulfone groups is 1. The van der Waals surface area contributed by atoms with Crippen LogP contribution in [0.4, 0.5) is 0 Å². The Morgan fingerprint density at radius 2 is 1.88 bits per heavy atom. The first-order valence-corrected chi connectivity index (χ1v) is 9.25. The van der Waals surface area contributed by atoms with Gasteiger partial charge in [-0.3, -0.25) is 0 Å². The van der Waals surface area contributed by atoms with Crippen molar-refractivity contribution in [3.05, 3.63) is 0 Å². The molecule has 0 amide bonds. The standard InChI is InChI=1S/C12H24BrNO2S/c1-3-9-17(15,16)10-8-14-6-4-12(5-7-14)11(2)13/h11-12H,3-10H2,1-2H3. The quantitative estimate of drug-likeness (QED) is 0.703. The molecule has 102 valence electrons. The van der Waals surface area contributed by atoms with Gasteiger partial charge in [0, 0.05) is 17.1 Å². The minimum absolute atomic E-state index is 0.329. The van der Waals surface area contributed by atoms with Gasteiger partial charge in [-0.05, 0) is 38.3 Å². The molecule has 1 saturated heterocycles. The highest BCUT2D eigenvalue weighted by Gasteiger charge is 2.23. The second-order valence-electron chi connectivity index (χ2n) is 5.01. The van der Waals surface area contributed by atoms with Gasteiger partial charge < -0.3 is 4.90 Å². The van der Waals surface area contributed by atoms with Crippen LogP contribution in [0, 0.1) is 5.92 Å². The number of hydrogen-bond donors (Lipinski definition) is 0. The molecule has 0 spiro atoms. The first-order chi connectivity index (χ1) is 7.94. The zero-order chi connectivity index (χ0) is 12.9. The fraction of sp³-hybridized carbons (Fsp3) is 1.00. The van der Waals surface area contributed by atoms with E-state index in [1.165, 1.54) is 12.8 Å². The summed E-state index contributed by atoms with van der Waals surface area (Å²) in [7, 11) is -2.81. The highest BCUT2D eigenvalue weighted by Crippen LogP contribution is 2.24. The molecule has 1 unspecified atom stereocenters. The van der Waals surface area contributed by atoms with Crippen LogP contribution in [0.25, 0.3) is 0 Å². The maximum absolute atomic E-state index is 11.6. The van der Waals surface area contributed by atoms with E-state index in [2.05, 4.69) is 27.8 Å². The molecule has 17 heavy (non-hydrogen) atoms. The minimum atomic E-state index is -2.81. The third-order valence-corrected chi connectivity index (χ3v) is 6.10. The first-order valence-electron chi connectivity index (χ1n) is 6.51. The molecular weight excluding hydrogens is 302 g/mol. The van der Waals surface area contributed by atoms with E-state index in [9.17, 15) is 8.42 Å². The number of piperidine rings is 1. The zero-order valence-corrected chi connectivity index (χ0v) is 13.3. The van der Waals surface area contributed by atoms with E-state index in [0.29, 0.717) is 22.9 Å². The van der Waals surface area contributed by atoms with E-state index in [-0.39, 0.29) is 0 Å². The zero-order valence-electron chi connectivity index (χ0n) is 10.9. The molecule has 1 rings (SSSR count). The average molecular weight is 326 g/mol. The second kappa shape index (κ2) is 7.10. The Balaban J connectivity index is 2.27. The Morgan fingerprint density at radius 1 is 1.29 bits per heavy atom. The Bertz CT molecular complexity index is 308. The van der Waals surface area contributed by atoms with Gasteiger partial charge in [0.25, 0.3) is 0 Å². The van der Waals surface area contributed by atoms with Crippen LogP contribution in [0.5, 0.6) is 0 Å². The van der Waals surface area contributed by atoms with Gasteiger partial charge in [-0.1, -0.05) is 29.8 Å². The van der Waals surface area contributed by atoms with Gasteiger partial charge in [-0.25, -0.2) is 8.42 Å². The van der Waals surface area contributed by atoms with Crippen LogP contribution in [0.15, 0.2) is 0 Å². The predicted octanol–water partition coefficient (Wildman–Crippen LogP) is 2.31. The molecule has 1 atom stereocenters. The molecule has 0 saturated carbocycles. The number of halogens is 1. The molecular formula is C12H24BrNO2S. The van der Waals surface area contributed by atoms with Gasteiger partial charge in [0.05, 0.1) is 5.75 Å². The summed E-state index contributed by atoms with van der Waals surface area (Å²) < 4.78 is 23.2. The van der Waals surface area contributed by atoms with E-state index >= 15 is 0 Å². The number of nitrogens with zero attached hydrogens (tertiary/aromatic N) is 1. The van der Waals surface area contributed by atoms with E-state index in [1.807, 2.05) is 6.92 Å². The molecule has 0 aromatic carbocycles. The van der Waals surface area contributed by atoms with Crippen molar-refractivity contribution in [1.82, 2.24) is 4.90 Å². The lowest BCUT2D eigenvalue weighted by molar-refractivity contribution is 0.194. The fourth-order valence-electron chi connectivity index (χ4n) is 2.32. The molecule has 0 aromatic heterocycles. The van der Waals surface area contributed by atoms with Gasteiger partial charge >= 0.3 is 0 Å². The smallest absolute Gasteiger partial charge is 0.151 e. The molecule has 0 aromatic rings. The SMILES string of the molecule is CCCS(=O)(=O)CCN1CCC(C(C)Br)CC1. The van der Waals surface area contributed by atoms with Crippen LogP contribution in [0.1, 0.15) is 33.1 Å². The monoisotopic (exact) mass is 325 g/mol. The van der Waals surface area contributed by atoms with Crippen LogP contribution in [0.2, 0.25) is 0 Å². The number of likely N-dealkylation sites (tertiary alicyclic amines) is 1. The van der Waals surface area contributed by atoms with Crippen LogP contribution in [-0.2, 0) is 9.84 Å². The lowest BCUT2D eigenvalue weighted by Gasteiger charge is -2.33. The van der Waals surface area contributed by atoms with Crippen molar-refractivity contribution in [1.29, 1.82) is 0 Å². The molecule has 0 aliphatic carbocycles. The number of rotatable bonds is 6. The summed E-state index contributed by atoms with van der Waals surface area (Å²) >= 11 is 3.63. The summed E-state index contributed by atoms with van der Waals surface area (Å²) in [6.45, 7) is 6.92. The van der Waals surface area contributed by atoms with Crippen LogP contribution < -0.4 is 0 Å². The summed E-state index contributed by atoms with van der Waals surface area (Å²) in [5.41, 5.74) is 0. The average Bonchev–Trinajstić information content (AvgIpc) is 2.27. The summed E-state index contributed by atoms with van der Waals surface area (Å²) in [6.07, 6.45) is 3.09. The van der Waals surface area contributed by atoms with Crippen molar-refractivity contribution >= 4 is 25.8 Å². The topological polar surface area (TPSA) is 37.4 Å². The lowest BCUT2D eigenvalue weighted by Crippen LogP contribution is -2.38. The predicted molar refractivity (Wildman–Crippen MR) is 76.5 cm³/mol. The van der Waals surface area contributed by atoms with E-state index in [1.54, 1.807) is 0 Å².